The first-order chi connectivity index (χ1) is 9.34. The van der Waals surface area contributed by atoms with Gasteiger partial charge < -0.3 is 10.3 Å². The summed E-state index contributed by atoms with van der Waals surface area (Å²) in [6.45, 7) is 0.692. The van der Waals surface area contributed by atoms with Crippen LogP contribution in [0.15, 0.2) is 35.0 Å². The van der Waals surface area contributed by atoms with Crippen LogP contribution >= 0.6 is 11.3 Å². The molecule has 1 aromatic carbocycles. The Balaban J connectivity index is 2.10. The molecule has 4 heteroatoms. The highest BCUT2D eigenvalue weighted by molar-refractivity contribution is 7.08. The maximum atomic E-state index is 12.1. The quantitative estimate of drug-likeness (QED) is 0.699. The lowest BCUT2D eigenvalue weighted by molar-refractivity contribution is 0.0957. The van der Waals surface area contributed by atoms with E-state index in [1.165, 1.54) is 11.1 Å². The van der Waals surface area contributed by atoms with E-state index in [4.69, 9.17) is 0 Å². The molecule has 19 heavy (non-hydrogen) atoms. The first-order valence-corrected chi connectivity index (χ1v) is 7.23. The molecule has 0 bridgehead atoms. The van der Waals surface area contributed by atoms with Gasteiger partial charge in [-0.15, -0.1) is 0 Å². The summed E-state index contributed by atoms with van der Waals surface area (Å²) in [5.74, 6) is 0.0280. The molecular weight excluding hydrogens is 256 g/mol. The maximum absolute atomic E-state index is 12.1. The summed E-state index contributed by atoms with van der Waals surface area (Å²) in [4.78, 5) is 15.5. The lowest BCUT2D eigenvalue weighted by atomic mass is 10.0. The van der Waals surface area contributed by atoms with Crippen LogP contribution < -0.4 is 5.32 Å². The minimum Gasteiger partial charge on any atom is -0.354 e. The third kappa shape index (κ3) is 1.53. The molecule has 3 aromatic rings. The van der Waals surface area contributed by atoms with Crippen LogP contribution in [0.2, 0.25) is 0 Å². The minimum atomic E-state index is 0.0280. The lowest BCUT2D eigenvalue weighted by Crippen LogP contribution is -2.23. The second-order valence-corrected chi connectivity index (χ2v) is 5.50. The number of carbonyl (C=O) groups is 1. The second-order valence-electron chi connectivity index (χ2n) is 4.72. The summed E-state index contributed by atoms with van der Waals surface area (Å²) >= 11 is 1.69. The van der Waals surface area contributed by atoms with Gasteiger partial charge in [-0.1, -0.05) is 6.07 Å². The number of H-pyrrole nitrogens is 1. The van der Waals surface area contributed by atoms with E-state index >= 15 is 0 Å². The number of hydrogen-bond donors (Lipinski definition) is 2. The second kappa shape index (κ2) is 3.96. The average Bonchev–Trinajstić information content (AvgIpc) is 3.01. The molecule has 0 aliphatic carbocycles. The Bertz CT molecular complexity index is 771. The van der Waals surface area contributed by atoms with E-state index < -0.39 is 0 Å². The van der Waals surface area contributed by atoms with E-state index in [0.717, 1.165) is 28.6 Å². The van der Waals surface area contributed by atoms with Gasteiger partial charge in [0.2, 0.25) is 0 Å². The number of rotatable bonds is 1. The highest BCUT2D eigenvalue weighted by Gasteiger charge is 2.21. The van der Waals surface area contributed by atoms with Gasteiger partial charge in [-0.2, -0.15) is 11.3 Å². The van der Waals surface area contributed by atoms with Gasteiger partial charge >= 0.3 is 0 Å². The largest absolute Gasteiger partial charge is 0.354 e. The van der Waals surface area contributed by atoms with E-state index in [1.54, 1.807) is 11.3 Å². The van der Waals surface area contributed by atoms with Gasteiger partial charge in [0.25, 0.3) is 5.91 Å². The van der Waals surface area contributed by atoms with Crippen molar-refractivity contribution in [3.63, 3.8) is 0 Å². The van der Waals surface area contributed by atoms with Crippen molar-refractivity contribution in [2.75, 3.05) is 6.54 Å². The summed E-state index contributed by atoms with van der Waals surface area (Å²) in [7, 11) is 0. The molecule has 0 fully saturated rings. The zero-order valence-corrected chi connectivity index (χ0v) is 11.0. The van der Waals surface area contributed by atoms with Gasteiger partial charge in [0.15, 0.2) is 0 Å². The van der Waals surface area contributed by atoms with E-state index in [0.29, 0.717) is 6.54 Å². The Morgan fingerprint density at radius 3 is 3.00 bits per heavy atom. The molecule has 1 aliphatic heterocycles. The predicted octanol–water partition coefficient (Wildman–Crippen LogP) is 3.18. The molecule has 4 rings (SSSR count). The highest BCUT2D eigenvalue weighted by Crippen LogP contribution is 2.34. The van der Waals surface area contributed by atoms with Crippen molar-refractivity contribution < 1.29 is 4.79 Å². The summed E-state index contributed by atoms with van der Waals surface area (Å²) in [6, 6.07) is 7.99. The van der Waals surface area contributed by atoms with Crippen molar-refractivity contribution in [3.05, 3.63) is 46.2 Å². The van der Waals surface area contributed by atoms with Crippen molar-refractivity contribution in [1.82, 2.24) is 10.3 Å². The van der Waals surface area contributed by atoms with Crippen LogP contribution in [-0.2, 0) is 6.42 Å². The monoisotopic (exact) mass is 268 g/mol. The van der Waals surface area contributed by atoms with Crippen LogP contribution in [-0.4, -0.2) is 17.4 Å². The summed E-state index contributed by atoms with van der Waals surface area (Å²) in [5, 5.41) is 8.26. The Labute approximate surface area is 114 Å². The third-order valence-corrected chi connectivity index (χ3v) is 4.33. The molecule has 3 heterocycles. The van der Waals surface area contributed by atoms with Crippen LogP contribution in [0, 0.1) is 0 Å². The van der Waals surface area contributed by atoms with Crippen LogP contribution in [0.5, 0.6) is 0 Å². The van der Waals surface area contributed by atoms with Crippen molar-refractivity contribution in [2.24, 2.45) is 0 Å². The molecule has 2 N–H and O–H groups in total. The molecule has 0 spiro atoms. The molecule has 1 amide bonds. The fourth-order valence-corrected chi connectivity index (χ4v) is 3.45. The van der Waals surface area contributed by atoms with E-state index in [2.05, 4.69) is 27.1 Å². The summed E-state index contributed by atoms with van der Waals surface area (Å²) in [6.07, 6.45) is 0.869. The van der Waals surface area contributed by atoms with Crippen molar-refractivity contribution in [2.45, 2.75) is 6.42 Å². The van der Waals surface area contributed by atoms with Crippen molar-refractivity contribution in [3.8, 4) is 11.3 Å². The number of aromatic amines is 1. The van der Waals surface area contributed by atoms with Gasteiger partial charge in [0, 0.05) is 34.0 Å². The average molecular weight is 268 g/mol. The fraction of sp³-hybridized carbons (Fsp3) is 0.133. The van der Waals surface area contributed by atoms with Gasteiger partial charge in [-0.3, -0.25) is 4.79 Å². The Morgan fingerprint density at radius 2 is 2.16 bits per heavy atom. The zero-order chi connectivity index (χ0) is 12.8. The van der Waals surface area contributed by atoms with Gasteiger partial charge in [0.05, 0.1) is 5.69 Å². The first kappa shape index (κ1) is 10.8. The van der Waals surface area contributed by atoms with Crippen LogP contribution in [0.1, 0.15) is 15.9 Å². The Kier molecular flexibility index (Phi) is 2.26. The molecule has 1 aliphatic rings. The molecule has 3 nitrogen and oxygen atoms in total. The Morgan fingerprint density at radius 1 is 1.21 bits per heavy atom. The normalized spacial score (nSPS) is 14.4. The SMILES string of the molecule is O=C1NCCc2c(-c3ccsc3)[nH]c3cccc1c23. The van der Waals surface area contributed by atoms with Crippen molar-refractivity contribution in [1.29, 1.82) is 0 Å². The number of aromatic nitrogens is 1. The molecule has 94 valence electrons. The number of nitrogens with one attached hydrogen (secondary N) is 2. The Hall–Kier alpha value is -2.07. The van der Waals surface area contributed by atoms with Crippen LogP contribution in [0.4, 0.5) is 0 Å². The third-order valence-electron chi connectivity index (χ3n) is 3.64. The summed E-state index contributed by atoms with van der Waals surface area (Å²) in [5.41, 5.74) is 5.44. The molecule has 0 saturated carbocycles. The molecule has 0 atom stereocenters. The maximum Gasteiger partial charge on any atom is 0.251 e. The zero-order valence-electron chi connectivity index (χ0n) is 10.2. The minimum absolute atomic E-state index is 0.0280. The molecule has 0 radical (unpaired) electrons. The standard InChI is InChI=1S/C15H12N2OS/c18-15-11-2-1-3-12-13(11)10(4-6-16-15)14(17-12)9-5-7-19-8-9/h1-3,5,7-8,17H,4,6H2,(H,16,18). The van der Waals surface area contributed by atoms with E-state index in [9.17, 15) is 4.79 Å². The molecule has 2 aromatic heterocycles. The number of benzene rings is 1. The molecule has 0 unspecified atom stereocenters. The smallest absolute Gasteiger partial charge is 0.251 e. The van der Waals surface area contributed by atoms with E-state index in [-0.39, 0.29) is 5.91 Å². The van der Waals surface area contributed by atoms with Gasteiger partial charge in [0.1, 0.15) is 0 Å². The van der Waals surface area contributed by atoms with Crippen LogP contribution in [0.3, 0.4) is 0 Å². The fourth-order valence-electron chi connectivity index (χ4n) is 2.81. The number of hydrogen-bond acceptors (Lipinski definition) is 2. The number of carbonyl (C=O) groups excluding carboxylic acids is 1. The molecular formula is C15H12N2OS. The first-order valence-electron chi connectivity index (χ1n) is 6.29. The number of amides is 1. The molecule has 0 saturated heterocycles. The van der Waals surface area contributed by atoms with Crippen LogP contribution in [0.25, 0.3) is 22.2 Å². The van der Waals surface area contributed by atoms with Gasteiger partial charge in [-0.25, -0.2) is 0 Å². The topological polar surface area (TPSA) is 44.9 Å². The predicted molar refractivity (Wildman–Crippen MR) is 77.6 cm³/mol. The van der Waals surface area contributed by atoms with Gasteiger partial charge in [-0.05, 0) is 35.6 Å². The lowest BCUT2D eigenvalue weighted by Gasteiger charge is -2.01. The van der Waals surface area contributed by atoms with E-state index in [1.807, 2.05) is 18.2 Å². The highest BCUT2D eigenvalue weighted by atomic mass is 32.1. The summed E-state index contributed by atoms with van der Waals surface area (Å²) < 4.78 is 0. The number of thiophene rings is 1. The van der Waals surface area contributed by atoms with Crippen molar-refractivity contribution >= 4 is 28.1 Å².